The molecule has 0 aromatic heterocycles. The van der Waals surface area contributed by atoms with Crippen molar-refractivity contribution in [1.29, 1.82) is 0 Å². The van der Waals surface area contributed by atoms with Gasteiger partial charge in [0.25, 0.3) is 0 Å². The molecule has 3 aromatic rings. The van der Waals surface area contributed by atoms with Crippen molar-refractivity contribution in [2.75, 3.05) is 6.61 Å². The molecule has 0 aliphatic carbocycles. The molecule has 0 unspecified atom stereocenters. The Morgan fingerprint density at radius 3 is 2.30 bits per heavy atom. The lowest BCUT2D eigenvalue weighted by Gasteiger charge is -2.24. The molecular weight excluding hydrogens is 344 g/mol. The second-order valence-electron chi connectivity index (χ2n) is 6.03. The maximum absolute atomic E-state index is 12.3. The maximum Gasteiger partial charge on any atom is 0.356 e. The van der Waals surface area contributed by atoms with Crippen LogP contribution in [0.1, 0.15) is 5.56 Å². The Bertz CT molecular complexity index is 906. The van der Waals surface area contributed by atoms with E-state index in [1.165, 1.54) is 0 Å². The number of benzene rings is 3. The molecule has 0 N–H and O–H groups in total. The maximum atomic E-state index is 12.3. The van der Waals surface area contributed by atoms with Crippen LogP contribution in [-0.4, -0.2) is 18.7 Å². The average Bonchev–Trinajstić information content (AvgIpc) is 2.73. The average molecular weight is 362 g/mol. The molecule has 0 spiro atoms. The number of carbonyl (C=O) groups excluding carboxylic acids is 1. The van der Waals surface area contributed by atoms with E-state index in [9.17, 15) is 4.79 Å². The molecule has 1 aliphatic rings. The largest absolute Gasteiger partial charge is 0.489 e. The van der Waals surface area contributed by atoms with Gasteiger partial charge in [-0.3, -0.25) is 0 Å². The fourth-order valence-electron chi connectivity index (χ4n) is 2.66. The molecule has 0 saturated heterocycles. The van der Waals surface area contributed by atoms with Crippen molar-refractivity contribution in [2.45, 2.75) is 12.7 Å². The smallest absolute Gasteiger partial charge is 0.356 e. The third kappa shape index (κ3) is 4.20. The molecule has 0 saturated carbocycles. The van der Waals surface area contributed by atoms with E-state index in [0.29, 0.717) is 29.6 Å². The first-order valence-electron chi connectivity index (χ1n) is 8.65. The van der Waals surface area contributed by atoms with E-state index < -0.39 is 12.1 Å². The molecule has 0 radical (unpaired) electrons. The summed E-state index contributed by atoms with van der Waals surface area (Å²) in [6.45, 7) is 0.598. The zero-order valence-corrected chi connectivity index (χ0v) is 14.5. The number of rotatable bonds is 5. The Labute approximate surface area is 157 Å². The minimum atomic E-state index is -0.797. The van der Waals surface area contributed by atoms with E-state index in [1.54, 1.807) is 36.4 Å². The summed E-state index contributed by atoms with van der Waals surface area (Å²) in [5, 5.41) is 0. The molecule has 0 amide bonds. The Hall–Kier alpha value is -3.47. The van der Waals surface area contributed by atoms with Crippen molar-refractivity contribution in [3.63, 3.8) is 0 Å². The highest BCUT2D eigenvalue weighted by molar-refractivity contribution is 5.78. The second kappa shape index (κ2) is 7.83. The van der Waals surface area contributed by atoms with E-state index in [4.69, 9.17) is 18.9 Å². The van der Waals surface area contributed by atoms with E-state index in [-0.39, 0.29) is 6.61 Å². The first kappa shape index (κ1) is 17.0. The van der Waals surface area contributed by atoms with Crippen molar-refractivity contribution in [3.8, 4) is 23.0 Å². The van der Waals surface area contributed by atoms with E-state index in [2.05, 4.69) is 0 Å². The highest BCUT2D eigenvalue weighted by atomic mass is 16.6. The van der Waals surface area contributed by atoms with Crippen molar-refractivity contribution in [3.05, 3.63) is 84.4 Å². The van der Waals surface area contributed by atoms with Crippen molar-refractivity contribution in [1.82, 2.24) is 0 Å². The lowest BCUT2D eigenvalue weighted by atomic mass is 10.2. The highest BCUT2D eigenvalue weighted by Crippen LogP contribution is 2.31. The van der Waals surface area contributed by atoms with E-state index in [0.717, 1.165) is 5.56 Å². The standard InChI is InChI=1S/C22H18O5/c23-22(21-15-25-19-8-4-5-9-20(19)27-21)26-18-12-10-17(11-13-18)24-14-16-6-2-1-3-7-16/h1-13,21H,14-15H2/t21-/m0/s1. The van der Waals surface area contributed by atoms with Crippen LogP contribution in [0.2, 0.25) is 0 Å². The number of fused-ring (bicyclic) bond motifs is 1. The summed E-state index contributed by atoms with van der Waals surface area (Å²) in [6, 6.07) is 24.0. The minimum absolute atomic E-state index is 0.119. The van der Waals surface area contributed by atoms with Crippen LogP contribution in [0.15, 0.2) is 78.9 Å². The first-order chi connectivity index (χ1) is 13.3. The van der Waals surface area contributed by atoms with Crippen LogP contribution in [0.25, 0.3) is 0 Å². The molecule has 3 aromatic carbocycles. The quantitative estimate of drug-likeness (QED) is 0.507. The Morgan fingerprint density at radius 2 is 1.52 bits per heavy atom. The van der Waals surface area contributed by atoms with Gasteiger partial charge in [-0.15, -0.1) is 0 Å². The van der Waals surface area contributed by atoms with Gasteiger partial charge in [0.05, 0.1) is 0 Å². The van der Waals surface area contributed by atoms with Gasteiger partial charge in [-0.05, 0) is 42.0 Å². The van der Waals surface area contributed by atoms with Crippen LogP contribution < -0.4 is 18.9 Å². The zero-order valence-electron chi connectivity index (χ0n) is 14.5. The van der Waals surface area contributed by atoms with Crippen LogP contribution in [-0.2, 0) is 11.4 Å². The fraction of sp³-hybridized carbons (Fsp3) is 0.136. The van der Waals surface area contributed by atoms with Gasteiger partial charge in [0, 0.05) is 0 Å². The summed E-state index contributed by atoms with van der Waals surface area (Å²) < 4.78 is 22.3. The Balaban J connectivity index is 1.32. The molecule has 0 fully saturated rings. The summed E-state index contributed by atoms with van der Waals surface area (Å²) in [5.41, 5.74) is 1.09. The molecule has 5 heteroatoms. The third-order valence-electron chi connectivity index (χ3n) is 4.06. The van der Waals surface area contributed by atoms with Gasteiger partial charge < -0.3 is 18.9 Å². The summed E-state index contributed by atoms with van der Waals surface area (Å²) >= 11 is 0. The number of hydrogen-bond donors (Lipinski definition) is 0. The van der Waals surface area contributed by atoms with Crippen LogP contribution >= 0.6 is 0 Å². The second-order valence-corrected chi connectivity index (χ2v) is 6.03. The molecule has 27 heavy (non-hydrogen) atoms. The molecule has 4 rings (SSSR count). The van der Waals surface area contributed by atoms with Gasteiger partial charge in [0.2, 0.25) is 6.10 Å². The van der Waals surface area contributed by atoms with Crippen LogP contribution in [0, 0.1) is 0 Å². The number of hydrogen-bond acceptors (Lipinski definition) is 5. The van der Waals surface area contributed by atoms with Crippen LogP contribution in [0.5, 0.6) is 23.0 Å². The number of carbonyl (C=O) groups is 1. The topological polar surface area (TPSA) is 54.0 Å². The van der Waals surface area contributed by atoms with Crippen LogP contribution in [0.3, 0.4) is 0 Å². The lowest BCUT2D eigenvalue weighted by molar-refractivity contribution is -0.144. The zero-order chi connectivity index (χ0) is 18.5. The highest BCUT2D eigenvalue weighted by Gasteiger charge is 2.29. The van der Waals surface area contributed by atoms with E-state index >= 15 is 0 Å². The fourth-order valence-corrected chi connectivity index (χ4v) is 2.66. The monoisotopic (exact) mass is 362 g/mol. The summed E-state index contributed by atoms with van der Waals surface area (Å²) in [6.07, 6.45) is -0.797. The SMILES string of the molecule is O=C(Oc1ccc(OCc2ccccc2)cc1)[C@@H]1COc2ccccc2O1. The Morgan fingerprint density at radius 1 is 0.852 bits per heavy atom. The molecule has 136 valence electrons. The molecular formula is C22H18O5. The summed E-state index contributed by atoms with van der Waals surface area (Å²) in [4.78, 5) is 12.3. The predicted molar refractivity (Wildman–Crippen MR) is 99.2 cm³/mol. The lowest BCUT2D eigenvalue weighted by Crippen LogP contribution is -2.39. The molecule has 0 bridgehead atoms. The van der Waals surface area contributed by atoms with Crippen molar-refractivity contribution < 1.29 is 23.7 Å². The number of para-hydroxylation sites is 2. The van der Waals surface area contributed by atoms with Gasteiger partial charge in [0.1, 0.15) is 24.7 Å². The molecule has 5 nitrogen and oxygen atoms in total. The van der Waals surface area contributed by atoms with E-state index in [1.807, 2.05) is 42.5 Å². The van der Waals surface area contributed by atoms with Gasteiger partial charge in [-0.25, -0.2) is 4.79 Å². The summed E-state index contributed by atoms with van der Waals surface area (Å²) in [5.74, 6) is 1.79. The van der Waals surface area contributed by atoms with Crippen LogP contribution in [0.4, 0.5) is 0 Å². The number of ether oxygens (including phenoxy) is 4. The van der Waals surface area contributed by atoms with Gasteiger partial charge >= 0.3 is 5.97 Å². The molecule has 1 aliphatic heterocycles. The first-order valence-corrected chi connectivity index (χ1v) is 8.65. The predicted octanol–water partition coefficient (Wildman–Crippen LogP) is 4.01. The molecule has 1 heterocycles. The third-order valence-corrected chi connectivity index (χ3v) is 4.06. The molecule has 1 atom stereocenters. The summed E-state index contributed by atoms with van der Waals surface area (Å²) in [7, 11) is 0. The van der Waals surface area contributed by atoms with Gasteiger partial charge in [-0.2, -0.15) is 0 Å². The normalized spacial score (nSPS) is 15.0. The van der Waals surface area contributed by atoms with Gasteiger partial charge in [0.15, 0.2) is 11.5 Å². The van der Waals surface area contributed by atoms with Crippen molar-refractivity contribution >= 4 is 5.97 Å². The Kier molecular flexibility index (Phi) is 4.92. The van der Waals surface area contributed by atoms with Crippen molar-refractivity contribution in [2.24, 2.45) is 0 Å². The number of esters is 1. The van der Waals surface area contributed by atoms with Gasteiger partial charge in [-0.1, -0.05) is 42.5 Å². The minimum Gasteiger partial charge on any atom is -0.489 e.